The number of nitrogens with one attached hydrogen (secondary N) is 1. The Morgan fingerprint density at radius 2 is 1.77 bits per heavy atom. The molecule has 0 spiro atoms. The number of piperazine rings is 1. The number of rotatable bonds is 7. The Bertz CT molecular complexity index is 1150. The van der Waals surface area contributed by atoms with Gasteiger partial charge in [-0.15, -0.1) is 0 Å². The van der Waals surface area contributed by atoms with Crippen molar-refractivity contribution in [2.45, 2.75) is 64.6 Å². The van der Waals surface area contributed by atoms with Crippen molar-refractivity contribution in [3.05, 3.63) is 60.2 Å². The van der Waals surface area contributed by atoms with Crippen LogP contribution in [0.15, 0.2) is 54.6 Å². The highest BCUT2D eigenvalue weighted by molar-refractivity contribution is 5.94. The molecule has 2 aromatic rings. The third kappa shape index (κ3) is 7.29. The summed E-state index contributed by atoms with van der Waals surface area (Å²) < 4.78 is 5.55. The highest BCUT2D eigenvalue weighted by Crippen LogP contribution is 2.27. The van der Waals surface area contributed by atoms with E-state index in [1.165, 1.54) is 0 Å². The molecular weight excluding hydrogens is 496 g/mol. The third-order valence-corrected chi connectivity index (χ3v) is 7.44. The number of carboxylic acid groups (broad SMARTS) is 1. The Labute approximate surface area is 230 Å². The van der Waals surface area contributed by atoms with E-state index in [4.69, 9.17) is 4.74 Å². The van der Waals surface area contributed by atoms with Gasteiger partial charge in [0, 0.05) is 36.4 Å². The van der Waals surface area contributed by atoms with E-state index < -0.39 is 17.8 Å². The monoisotopic (exact) mass is 537 g/mol. The smallest absolute Gasteiger partial charge is 0.444 e. The second-order valence-electron chi connectivity index (χ2n) is 11.6. The van der Waals surface area contributed by atoms with E-state index in [9.17, 15) is 19.5 Å². The number of anilines is 2. The van der Waals surface area contributed by atoms with Crippen LogP contribution >= 0.6 is 0 Å². The van der Waals surface area contributed by atoms with Crippen LogP contribution in [0.5, 0.6) is 0 Å². The molecule has 4 rings (SSSR count). The van der Waals surface area contributed by atoms with Crippen molar-refractivity contribution in [2.75, 3.05) is 42.9 Å². The van der Waals surface area contributed by atoms with Crippen LogP contribution in [-0.2, 0) is 16.1 Å². The average molecular weight is 538 g/mol. The van der Waals surface area contributed by atoms with Gasteiger partial charge in [0.1, 0.15) is 25.2 Å². The van der Waals surface area contributed by atoms with Gasteiger partial charge in [-0.2, -0.15) is 4.79 Å². The van der Waals surface area contributed by atoms with Crippen molar-refractivity contribution < 1.29 is 28.7 Å². The topological polar surface area (TPSA) is 99.2 Å². The van der Waals surface area contributed by atoms with Crippen molar-refractivity contribution in [3.8, 4) is 0 Å². The van der Waals surface area contributed by atoms with E-state index in [1.807, 2.05) is 80.3 Å². The van der Waals surface area contributed by atoms with Gasteiger partial charge in [-0.3, -0.25) is 9.69 Å². The Balaban J connectivity index is 1.45. The lowest BCUT2D eigenvalue weighted by Gasteiger charge is -2.45. The van der Waals surface area contributed by atoms with Gasteiger partial charge in [-0.05, 0) is 64.3 Å². The first kappa shape index (κ1) is 28.4. The maximum atomic E-state index is 13.1. The Kier molecular flexibility index (Phi) is 8.80. The van der Waals surface area contributed by atoms with E-state index in [-0.39, 0.29) is 16.4 Å². The quantitative estimate of drug-likeness (QED) is 0.464. The van der Waals surface area contributed by atoms with Crippen molar-refractivity contribution in [1.29, 1.82) is 0 Å². The molecule has 2 aromatic carbocycles. The van der Waals surface area contributed by atoms with Gasteiger partial charge in [0.05, 0.1) is 12.6 Å². The lowest BCUT2D eigenvalue weighted by molar-refractivity contribution is -0.878. The molecule has 0 aliphatic carbocycles. The van der Waals surface area contributed by atoms with Crippen LogP contribution in [-0.4, -0.2) is 76.9 Å². The summed E-state index contributed by atoms with van der Waals surface area (Å²) in [4.78, 5) is 41.5. The maximum Gasteiger partial charge on any atom is 0.513 e. The molecule has 2 fully saturated rings. The van der Waals surface area contributed by atoms with Crippen molar-refractivity contribution in [1.82, 2.24) is 4.90 Å². The van der Waals surface area contributed by atoms with Gasteiger partial charge in [-0.1, -0.05) is 30.3 Å². The van der Waals surface area contributed by atoms with Crippen LogP contribution in [0.1, 0.15) is 52.0 Å². The fourth-order valence-electron chi connectivity index (χ4n) is 5.42. The van der Waals surface area contributed by atoms with Gasteiger partial charge in [0.2, 0.25) is 5.91 Å². The molecule has 0 aromatic heterocycles. The Hall–Kier alpha value is -3.59. The summed E-state index contributed by atoms with van der Waals surface area (Å²) in [6, 6.07) is 17.1. The normalized spacial score (nSPS) is 21.9. The molecular formula is C30H41N4O5+. The minimum atomic E-state index is -0.886. The standard InChI is InChI=1S/C30H40N4O5/c1-30(2,3)39-28(36)33-19-20-34(29(37)38,21-23-9-5-4-6-10-23)22-26(33)16-17-31-24-12-14-25(15-13-24)32-18-8-7-11-27(32)35/h4-6,9-10,12-15,26,31H,7-8,11,16-22H2,1-3H3/p+1/t26-,34?/m1/s1. The first-order valence-electron chi connectivity index (χ1n) is 13.8. The molecule has 2 atom stereocenters. The summed E-state index contributed by atoms with van der Waals surface area (Å²) >= 11 is 0. The van der Waals surface area contributed by atoms with Gasteiger partial charge in [0.25, 0.3) is 0 Å². The van der Waals surface area contributed by atoms with E-state index in [0.717, 1.165) is 36.3 Å². The maximum absolute atomic E-state index is 13.1. The van der Waals surface area contributed by atoms with Gasteiger partial charge in [-0.25, -0.2) is 9.28 Å². The van der Waals surface area contributed by atoms with Gasteiger partial charge >= 0.3 is 12.2 Å². The number of hydrogen-bond donors (Lipinski definition) is 2. The Morgan fingerprint density at radius 3 is 2.41 bits per heavy atom. The number of benzene rings is 2. The number of quaternary nitrogens is 1. The third-order valence-electron chi connectivity index (χ3n) is 7.44. The first-order valence-corrected chi connectivity index (χ1v) is 13.8. The van der Waals surface area contributed by atoms with E-state index in [2.05, 4.69) is 5.32 Å². The minimum Gasteiger partial charge on any atom is -0.444 e. The predicted octanol–water partition coefficient (Wildman–Crippen LogP) is 5.32. The molecule has 9 heteroatoms. The molecule has 2 N–H and O–H groups in total. The molecule has 3 amide bonds. The summed E-state index contributed by atoms with van der Waals surface area (Å²) in [5, 5.41) is 13.7. The molecule has 1 unspecified atom stereocenters. The highest BCUT2D eigenvalue weighted by Gasteiger charge is 2.47. The molecule has 9 nitrogen and oxygen atoms in total. The molecule has 2 aliphatic heterocycles. The number of hydrogen-bond acceptors (Lipinski definition) is 5. The second-order valence-corrected chi connectivity index (χ2v) is 11.6. The van der Waals surface area contributed by atoms with E-state index in [1.54, 1.807) is 4.90 Å². The Morgan fingerprint density at radius 1 is 1.05 bits per heavy atom. The van der Waals surface area contributed by atoms with Crippen molar-refractivity contribution >= 4 is 29.5 Å². The second kappa shape index (κ2) is 12.1. The zero-order valence-corrected chi connectivity index (χ0v) is 23.3. The zero-order chi connectivity index (χ0) is 28.0. The summed E-state index contributed by atoms with van der Waals surface area (Å²) in [6.07, 6.45) is 1.82. The molecule has 2 aliphatic rings. The average Bonchev–Trinajstić information content (AvgIpc) is 2.89. The first-order chi connectivity index (χ1) is 18.6. The van der Waals surface area contributed by atoms with Crippen LogP contribution in [0.2, 0.25) is 0 Å². The SMILES string of the molecule is CC(C)(C)OC(=O)N1CC[N+](Cc2ccccc2)(C(=O)O)C[C@H]1CCNc1ccc(N2CCCCC2=O)cc1. The van der Waals surface area contributed by atoms with Crippen LogP contribution < -0.4 is 10.2 Å². The number of amides is 3. The number of ether oxygens (including phenoxy) is 1. The molecule has 0 radical (unpaired) electrons. The van der Waals surface area contributed by atoms with Crippen LogP contribution in [0.25, 0.3) is 0 Å². The lowest BCUT2D eigenvalue weighted by Crippen LogP contribution is -2.66. The van der Waals surface area contributed by atoms with Crippen molar-refractivity contribution in [3.63, 3.8) is 0 Å². The minimum absolute atomic E-state index is 0.132. The fraction of sp³-hybridized carbons (Fsp3) is 0.500. The summed E-state index contributed by atoms with van der Waals surface area (Å²) in [6.45, 7) is 8.07. The van der Waals surface area contributed by atoms with Crippen LogP contribution in [0.3, 0.4) is 0 Å². The van der Waals surface area contributed by atoms with Crippen LogP contribution in [0, 0.1) is 0 Å². The lowest BCUT2D eigenvalue weighted by atomic mass is 10.0. The summed E-state index contributed by atoms with van der Waals surface area (Å²) in [5.74, 6) is 0.164. The number of nitrogens with zero attached hydrogens (tertiary/aromatic N) is 3. The molecule has 2 heterocycles. The van der Waals surface area contributed by atoms with Gasteiger partial charge in [0.15, 0.2) is 0 Å². The summed E-state index contributed by atoms with van der Waals surface area (Å²) in [7, 11) is 0. The number of carbonyl (C=O) groups excluding carboxylic acids is 2. The molecule has 0 saturated carbocycles. The molecule has 2 saturated heterocycles. The van der Waals surface area contributed by atoms with Crippen molar-refractivity contribution in [2.24, 2.45) is 0 Å². The largest absolute Gasteiger partial charge is 0.513 e. The zero-order valence-electron chi connectivity index (χ0n) is 23.3. The van der Waals surface area contributed by atoms with E-state index >= 15 is 0 Å². The molecule has 39 heavy (non-hydrogen) atoms. The van der Waals surface area contributed by atoms with E-state index in [0.29, 0.717) is 45.6 Å². The van der Waals surface area contributed by atoms with Crippen LogP contribution in [0.4, 0.5) is 21.0 Å². The summed E-state index contributed by atoms with van der Waals surface area (Å²) in [5.41, 5.74) is 2.12. The fourth-order valence-corrected chi connectivity index (χ4v) is 5.42. The number of carbonyl (C=O) groups is 3. The molecule has 210 valence electrons. The van der Waals surface area contributed by atoms with Gasteiger partial charge < -0.3 is 20.1 Å². The molecule has 0 bridgehead atoms. The predicted molar refractivity (Wildman–Crippen MR) is 151 cm³/mol. The highest BCUT2D eigenvalue weighted by atomic mass is 16.6. The number of piperidine rings is 1.